The molecule has 0 fully saturated rings. The standard InChI is InChI=1S/C24H21F3N4O3S2.C16H14F3N3S.C8H9NO4S/c25-24(26,27)22(16-4-2-1-3-5-16)31-11-10-18-19(13-28)23(35-20(18)14-31)30-21(32)12-15-6-8-17(9-7-15)36(29,33)34;17-16(18,19)14(10-4-2-1-3-5-10)22-7-6-11-12(8-20)15(21)23-13(11)9-22;9-14(12,13)7-3-1-6(2-4-7)5-8(10)11/h1-9,22H,10-12,14H2,(H,30,32)(H2,29,33,34);1-5,14H,6-7,9,21H2;1-4H,5H2,(H,10,11)(H2,9,12,13). The fraction of sp³-hybridized carbons (Fsp3) is 0.250. The van der Waals surface area contributed by atoms with Crippen LogP contribution in [0.4, 0.5) is 36.3 Å². The molecule has 25 heteroatoms. The summed E-state index contributed by atoms with van der Waals surface area (Å²) in [5.74, 6) is -1.41. The summed E-state index contributed by atoms with van der Waals surface area (Å²) in [5.41, 5.74) is 9.39. The maximum Gasteiger partial charge on any atom is 0.408 e. The molecule has 0 radical (unpaired) electrons. The van der Waals surface area contributed by atoms with Gasteiger partial charge in [-0.2, -0.15) is 36.9 Å². The number of anilines is 2. The van der Waals surface area contributed by atoms with Crippen molar-refractivity contribution in [1.29, 1.82) is 10.5 Å². The van der Waals surface area contributed by atoms with Crippen LogP contribution in [0.15, 0.2) is 119 Å². The first-order valence-corrected chi connectivity index (χ1v) is 26.3. The van der Waals surface area contributed by atoms with Crippen molar-refractivity contribution in [3.8, 4) is 12.1 Å². The van der Waals surface area contributed by atoms with Crippen molar-refractivity contribution in [2.45, 2.75) is 73.0 Å². The predicted octanol–water partition coefficient (Wildman–Crippen LogP) is 7.93. The van der Waals surface area contributed by atoms with E-state index in [0.717, 1.165) is 21.8 Å². The van der Waals surface area contributed by atoms with Crippen LogP contribution in [-0.2, 0) is 68.4 Å². The molecule has 73 heavy (non-hydrogen) atoms. The lowest BCUT2D eigenvalue weighted by Crippen LogP contribution is -2.41. The number of halogens is 6. The summed E-state index contributed by atoms with van der Waals surface area (Å²) < 4.78 is 127. The summed E-state index contributed by atoms with van der Waals surface area (Å²) in [6.07, 6.45) is -8.41. The number of hydrogen-bond acceptors (Lipinski definition) is 13. The predicted molar refractivity (Wildman–Crippen MR) is 260 cm³/mol. The summed E-state index contributed by atoms with van der Waals surface area (Å²) in [7, 11) is -7.55. The molecule has 384 valence electrons. The average Bonchev–Trinajstić information content (AvgIpc) is 3.83. The van der Waals surface area contributed by atoms with Crippen molar-refractivity contribution >= 4 is 64.6 Å². The molecule has 2 atom stereocenters. The Hall–Kier alpha value is -6.68. The SMILES string of the molecule is N#Cc1c(N)sc2c1CCN(C(c1ccccc1)C(F)(F)F)C2.N#Cc1c(NC(=O)Cc2ccc(S(N)(=O)=O)cc2)sc2c1CCN(C(c1ccccc1)C(F)(F)F)C2.NS(=O)(=O)c1ccc(CC(=O)O)cc1. The van der Waals surface area contributed by atoms with E-state index in [-0.39, 0.29) is 71.9 Å². The molecule has 4 aromatic carbocycles. The maximum atomic E-state index is 14.0. The van der Waals surface area contributed by atoms with Crippen LogP contribution in [0.3, 0.4) is 0 Å². The minimum Gasteiger partial charge on any atom is -0.481 e. The number of benzene rings is 4. The number of nitrogens with one attached hydrogen (secondary N) is 1. The van der Waals surface area contributed by atoms with E-state index in [1.165, 1.54) is 93.9 Å². The van der Waals surface area contributed by atoms with E-state index < -0.39 is 56.4 Å². The molecule has 0 aliphatic carbocycles. The van der Waals surface area contributed by atoms with Crippen molar-refractivity contribution in [3.05, 3.63) is 163 Å². The summed E-state index contributed by atoms with van der Waals surface area (Å²) >= 11 is 2.31. The number of fused-ring (bicyclic) bond motifs is 2. The second-order valence-electron chi connectivity index (χ2n) is 16.5. The van der Waals surface area contributed by atoms with Gasteiger partial charge in [-0.1, -0.05) is 84.9 Å². The first-order valence-electron chi connectivity index (χ1n) is 21.6. The number of carbonyl (C=O) groups excluding carboxylic acids is 1. The zero-order valence-corrected chi connectivity index (χ0v) is 41.3. The van der Waals surface area contributed by atoms with E-state index in [1.54, 1.807) is 36.4 Å². The monoisotopic (exact) mass is 1090 g/mol. The number of aliphatic carboxylic acids is 1. The topological polar surface area (TPSA) is 267 Å². The van der Waals surface area contributed by atoms with Crippen LogP contribution in [0.5, 0.6) is 0 Å². The zero-order chi connectivity index (χ0) is 53.5. The van der Waals surface area contributed by atoms with Gasteiger partial charge in [0.2, 0.25) is 26.0 Å². The van der Waals surface area contributed by atoms with Crippen LogP contribution >= 0.6 is 22.7 Å². The Balaban J connectivity index is 0.000000200. The van der Waals surface area contributed by atoms with Gasteiger partial charge in [-0.05, 0) is 70.5 Å². The van der Waals surface area contributed by atoms with E-state index in [0.29, 0.717) is 43.6 Å². The maximum absolute atomic E-state index is 14.0. The second-order valence-corrected chi connectivity index (χ2v) is 21.9. The highest BCUT2D eigenvalue weighted by molar-refractivity contribution is 7.89. The summed E-state index contributed by atoms with van der Waals surface area (Å²) in [6, 6.07) is 27.2. The number of amides is 1. The van der Waals surface area contributed by atoms with E-state index >= 15 is 0 Å². The molecular weight excluding hydrogens is 1040 g/mol. The molecule has 1 amide bonds. The quantitative estimate of drug-likeness (QED) is 0.0775. The van der Waals surface area contributed by atoms with Gasteiger partial charge in [-0.3, -0.25) is 19.4 Å². The number of nitrogens with two attached hydrogens (primary N) is 3. The molecule has 2 aliphatic heterocycles. The first kappa shape index (κ1) is 55.6. The number of carbonyl (C=O) groups is 2. The highest BCUT2D eigenvalue weighted by Crippen LogP contribution is 2.45. The molecule has 8 rings (SSSR count). The minimum absolute atomic E-state index is 0.00134. The third-order valence-electron chi connectivity index (χ3n) is 11.5. The molecule has 2 aliphatic rings. The average molecular weight is 1090 g/mol. The van der Waals surface area contributed by atoms with Gasteiger partial charge in [0.15, 0.2) is 0 Å². The van der Waals surface area contributed by atoms with E-state index in [4.69, 9.17) is 26.4 Å². The van der Waals surface area contributed by atoms with Crippen LogP contribution in [0.2, 0.25) is 0 Å². The van der Waals surface area contributed by atoms with Crippen molar-refractivity contribution in [2.24, 2.45) is 10.3 Å². The van der Waals surface area contributed by atoms with Crippen LogP contribution in [0, 0.1) is 22.7 Å². The third-order valence-corrected chi connectivity index (χ3v) is 15.5. The smallest absolute Gasteiger partial charge is 0.408 e. The molecule has 0 spiro atoms. The van der Waals surface area contributed by atoms with Crippen molar-refractivity contribution < 1.29 is 57.9 Å². The Morgan fingerprint density at radius 3 is 1.42 bits per heavy atom. The van der Waals surface area contributed by atoms with Crippen LogP contribution in [0.1, 0.15) is 66.3 Å². The number of rotatable bonds is 11. The van der Waals surface area contributed by atoms with Gasteiger partial charge in [0.25, 0.3) is 0 Å². The van der Waals surface area contributed by atoms with Crippen molar-refractivity contribution in [3.63, 3.8) is 0 Å². The number of thiophene rings is 2. The van der Waals surface area contributed by atoms with Crippen LogP contribution in [0.25, 0.3) is 0 Å². The Bertz CT molecular complexity index is 3250. The number of nitrogens with zero attached hydrogens (tertiary/aromatic N) is 4. The number of hydrogen-bond donors (Lipinski definition) is 5. The molecule has 2 unspecified atom stereocenters. The molecule has 0 bridgehead atoms. The van der Waals surface area contributed by atoms with Gasteiger partial charge < -0.3 is 16.2 Å². The molecule has 6 aromatic rings. The number of primary sulfonamides is 2. The lowest BCUT2D eigenvalue weighted by atomic mass is 9.98. The Labute approximate surface area is 423 Å². The fourth-order valence-corrected chi connectivity index (χ4v) is 11.6. The molecule has 0 saturated heterocycles. The number of sulfonamides is 2. The van der Waals surface area contributed by atoms with E-state index in [2.05, 4.69) is 17.5 Å². The first-order chi connectivity index (χ1) is 34.3. The summed E-state index contributed by atoms with van der Waals surface area (Å²) in [5, 5.41) is 40.6. The number of alkyl halides is 6. The fourth-order valence-electron chi connectivity index (χ4n) is 8.25. The zero-order valence-electron chi connectivity index (χ0n) is 38.0. The summed E-state index contributed by atoms with van der Waals surface area (Å²) in [4.78, 5) is 26.9. The van der Waals surface area contributed by atoms with Gasteiger partial charge in [-0.25, -0.2) is 27.1 Å². The van der Waals surface area contributed by atoms with Crippen molar-refractivity contribution in [2.75, 3.05) is 24.1 Å². The highest BCUT2D eigenvalue weighted by atomic mass is 32.2. The molecule has 15 nitrogen and oxygen atoms in total. The molecule has 2 aromatic heterocycles. The van der Waals surface area contributed by atoms with E-state index in [9.17, 15) is 58.0 Å². The molecule has 0 saturated carbocycles. The largest absolute Gasteiger partial charge is 0.481 e. The molecular formula is C48H44F6N8O7S4. The number of carboxylic acid groups (broad SMARTS) is 1. The van der Waals surface area contributed by atoms with Crippen LogP contribution in [-0.4, -0.2) is 69.1 Å². The number of nitriles is 2. The Morgan fingerprint density at radius 1 is 0.644 bits per heavy atom. The minimum atomic E-state index is -4.48. The Kier molecular flexibility index (Phi) is 17.6. The third kappa shape index (κ3) is 14.3. The molecule has 4 heterocycles. The Morgan fingerprint density at radius 2 is 1.04 bits per heavy atom. The van der Waals surface area contributed by atoms with E-state index in [1.807, 2.05) is 0 Å². The lowest BCUT2D eigenvalue weighted by molar-refractivity contribution is -0.189. The van der Waals surface area contributed by atoms with Gasteiger partial charge in [0.1, 0.15) is 34.2 Å². The second kappa shape index (κ2) is 23.0. The lowest BCUT2D eigenvalue weighted by Gasteiger charge is -2.35. The number of carboxylic acids is 1. The van der Waals surface area contributed by atoms with Gasteiger partial charge in [0, 0.05) is 35.9 Å². The van der Waals surface area contributed by atoms with Gasteiger partial charge in [0.05, 0.1) is 33.8 Å². The van der Waals surface area contributed by atoms with Gasteiger partial charge >= 0.3 is 18.3 Å². The van der Waals surface area contributed by atoms with Crippen LogP contribution < -0.4 is 21.3 Å². The molecule has 8 N–H and O–H groups in total. The highest BCUT2D eigenvalue weighted by Gasteiger charge is 2.47. The van der Waals surface area contributed by atoms with Gasteiger partial charge in [-0.15, -0.1) is 22.7 Å². The summed E-state index contributed by atoms with van der Waals surface area (Å²) in [6.45, 7) is 0.516. The number of nitrogen functional groups attached to an aromatic ring is 1. The normalized spacial score (nSPS) is 14.8. The van der Waals surface area contributed by atoms with Crippen molar-refractivity contribution in [1.82, 2.24) is 9.80 Å².